The minimum atomic E-state index is 1.20. The summed E-state index contributed by atoms with van der Waals surface area (Å²) in [6.45, 7) is 8.42. The molecule has 1 rings (SSSR count). The maximum absolute atomic E-state index is 2.36. The lowest BCUT2D eigenvalue weighted by Gasteiger charge is -2.09. The Labute approximate surface area is 71.0 Å². The molecule has 0 bridgehead atoms. The van der Waals surface area contributed by atoms with Crippen LogP contribution in [0.5, 0.6) is 0 Å². The van der Waals surface area contributed by atoms with Gasteiger partial charge in [-0.05, 0) is 31.8 Å². The highest BCUT2D eigenvalue weighted by molar-refractivity contribution is 5.31. The van der Waals surface area contributed by atoms with Gasteiger partial charge in [0.15, 0.2) is 0 Å². The van der Waals surface area contributed by atoms with E-state index in [0.717, 1.165) is 0 Å². The molecule has 0 unspecified atom stereocenters. The van der Waals surface area contributed by atoms with Crippen LogP contribution in [0.2, 0.25) is 0 Å². The van der Waals surface area contributed by atoms with Gasteiger partial charge in [0.2, 0.25) is 0 Å². The number of hydrogen-bond acceptors (Lipinski definition) is 0. The Morgan fingerprint density at radius 1 is 1.18 bits per heavy atom. The molecule has 1 aliphatic carbocycles. The molecular weight excluding hydrogens is 132 g/mol. The van der Waals surface area contributed by atoms with Crippen molar-refractivity contribution in [1.29, 1.82) is 0 Å². The van der Waals surface area contributed by atoms with Crippen molar-refractivity contribution in [3.05, 3.63) is 23.3 Å². The third-order valence-electron chi connectivity index (χ3n) is 1.90. The van der Waals surface area contributed by atoms with Crippen LogP contribution in [-0.4, -0.2) is 0 Å². The topological polar surface area (TPSA) is 0 Å². The minimum absolute atomic E-state index is 1.20. The van der Waals surface area contributed by atoms with E-state index in [0.29, 0.717) is 0 Å². The molecule has 0 aliphatic heterocycles. The highest BCUT2D eigenvalue weighted by atomic mass is 14.1. The van der Waals surface area contributed by atoms with Crippen molar-refractivity contribution in [3.63, 3.8) is 0 Å². The molecule has 11 heavy (non-hydrogen) atoms. The van der Waals surface area contributed by atoms with Gasteiger partial charge in [0.05, 0.1) is 0 Å². The van der Waals surface area contributed by atoms with Crippen LogP contribution >= 0.6 is 0 Å². The normalized spacial score (nSPS) is 16.0. The minimum Gasteiger partial charge on any atom is -0.0810 e. The van der Waals surface area contributed by atoms with Crippen LogP contribution in [0.1, 0.15) is 47.0 Å². The molecule has 0 fully saturated rings. The van der Waals surface area contributed by atoms with E-state index in [4.69, 9.17) is 0 Å². The van der Waals surface area contributed by atoms with E-state index in [9.17, 15) is 0 Å². The van der Waals surface area contributed by atoms with Crippen molar-refractivity contribution in [2.75, 3.05) is 0 Å². The predicted octanol–water partition coefficient (Wildman–Crippen LogP) is 4.09. The monoisotopic (exact) mass is 152 g/mol. The van der Waals surface area contributed by atoms with Gasteiger partial charge in [-0.25, -0.2) is 0 Å². The highest BCUT2D eigenvalue weighted by Gasteiger charge is 1.99. The van der Waals surface area contributed by atoms with Crippen molar-refractivity contribution in [2.24, 2.45) is 0 Å². The Morgan fingerprint density at radius 3 is 2.09 bits per heavy atom. The van der Waals surface area contributed by atoms with Crippen molar-refractivity contribution >= 4 is 0 Å². The van der Waals surface area contributed by atoms with Crippen LogP contribution in [0.4, 0.5) is 0 Å². The first-order valence-corrected chi connectivity index (χ1v) is 4.70. The van der Waals surface area contributed by atoms with E-state index in [1.165, 1.54) is 24.8 Å². The van der Waals surface area contributed by atoms with Crippen LogP contribution in [0.15, 0.2) is 23.3 Å². The van der Waals surface area contributed by atoms with Crippen LogP contribution < -0.4 is 0 Å². The van der Waals surface area contributed by atoms with Gasteiger partial charge in [-0.3, -0.25) is 0 Å². The molecule has 0 aromatic carbocycles. The summed E-state index contributed by atoms with van der Waals surface area (Å²) in [5.74, 6) is 0. The van der Waals surface area contributed by atoms with Crippen molar-refractivity contribution in [1.82, 2.24) is 0 Å². The fourth-order valence-electron chi connectivity index (χ4n) is 1.27. The summed E-state index contributed by atoms with van der Waals surface area (Å²) in [6.07, 6.45) is 8.38. The van der Waals surface area contributed by atoms with Gasteiger partial charge in [-0.1, -0.05) is 38.5 Å². The number of rotatable bonds is 1. The maximum atomic E-state index is 2.36. The Hall–Kier alpha value is -0.520. The van der Waals surface area contributed by atoms with E-state index in [1.54, 1.807) is 5.57 Å². The van der Waals surface area contributed by atoms with Gasteiger partial charge in [-0.2, -0.15) is 0 Å². The second-order valence-corrected chi connectivity index (χ2v) is 2.55. The van der Waals surface area contributed by atoms with Crippen molar-refractivity contribution in [2.45, 2.75) is 47.0 Å². The van der Waals surface area contributed by atoms with Crippen LogP contribution in [0.25, 0.3) is 0 Å². The Morgan fingerprint density at radius 2 is 1.73 bits per heavy atom. The molecule has 0 spiro atoms. The number of allylic oxidation sites excluding steroid dienone is 4. The van der Waals surface area contributed by atoms with Gasteiger partial charge in [0, 0.05) is 0 Å². The van der Waals surface area contributed by atoms with Crippen LogP contribution in [-0.2, 0) is 0 Å². The third-order valence-corrected chi connectivity index (χ3v) is 1.90. The molecule has 0 aromatic heterocycles. The van der Waals surface area contributed by atoms with E-state index in [2.05, 4.69) is 26.0 Å². The molecule has 0 nitrogen and oxygen atoms in total. The number of hydrogen-bond donors (Lipinski definition) is 0. The molecule has 0 heterocycles. The summed E-state index contributed by atoms with van der Waals surface area (Å²) in [6, 6.07) is 0. The van der Waals surface area contributed by atoms with Crippen molar-refractivity contribution in [3.8, 4) is 0 Å². The molecule has 0 N–H and O–H groups in total. The SMILES string of the molecule is CC.CCC1=CCCC=C1C. The predicted molar refractivity (Wildman–Crippen MR) is 52.7 cm³/mol. The summed E-state index contributed by atoms with van der Waals surface area (Å²) in [5.41, 5.74) is 3.03. The molecule has 0 saturated carbocycles. The van der Waals surface area contributed by atoms with E-state index in [-0.39, 0.29) is 0 Å². The zero-order valence-electron chi connectivity index (χ0n) is 8.28. The lowest BCUT2D eigenvalue weighted by Crippen LogP contribution is -1.88. The fraction of sp³-hybridized carbons (Fsp3) is 0.636. The fourth-order valence-corrected chi connectivity index (χ4v) is 1.27. The van der Waals surface area contributed by atoms with Crippen LogP contribution in [0, 0.1) is 0 Å². The first-order valence-electron chi connectivity index (χ1n) is 4.70. The molecular formula is C11H20. The molecule has 0 radical (unpaired) electrons. The highest BCUT2D eigenvalue weighted by Crippen LogP contribution is 2.19. The maximum Gasteiger partial charge on any atom is -0.0308 e. The second-order valence-electron chi connectivity index (χ2n) is 2.55. The van der Waals surface area contributed by atoms with E-state index in [1.807, 2.05) is 13.8 Å². The Kier molecular flexibility index (Phi) is 5.91. The first kappa shape index (κ1) is 10.5. The first-order chi connectivity index (χ1) is 5.34. The van der Waals surface area contributed by atoms with Gasteiger partial charge < -0.3 is 0 Å². The molecule has 0 heteroatoms. The van der Waals surface area contributed by atoms with Gasteiger partial charge in [0.1, 0.15) is 0 Å². The van der Waals surface area contributed by atoms with Gasteiger partial charge in [0.25, 0.3) is 0 Å². The Bertz CT molecular complexity index is 149. The summed E-state index contributed by atoms with van der Waals surface area (Å²) in [4.78, 5) is 0. The van der Waals surface area contributed by atoms with E-state index < -0.39 is 0 Å². The molecule has 0 saturated heterocycles. The third kappa shape index (κ3) is 3.41. The smallest absolute Gasteiger partial charge is 0.0308 e. The van der Waals surface area contributed by atoms with Gasteiger partial charge in [-0.15, -0.1) is 0 Å². The lowest BCUT2D eigenvalue weighted by atomic mass is 9.97. The standard InChI is InChI=1S/C9H14.C2H6/c1-3-9-7-5-4-6-8(9)2;1-2/h6-7H,3-5H2,1-2H3;1-2H3. The molecule has 0 amide bonds. The Balaban J connectivity index is 0.000000461. The quantitative estimate of drug-likeness (QED) is 0.531. The summed E-state index contributed by atoms with van der Waals surface area (Å²) < 4.78 is 0. The summed E-state index contributed by atoms with van der Waals surface area (Å²) in [5, 5.41) is 0. The lowest BCUT2D eigenvalue weighted by molar-refractivity contribution is 0.952. The zero-order chi connectivity index (χ0) is 8.69. The zero-order valence-corrected chi connectivity index (χ0v) is 8.28. The second kappa shape index (κ2) is 6.21. The summed E-state index contributed by atoms with van der Waals surface area (Å²) >= 11 is 0. The van der Waals surface area contributed by atoms with E-state index >= 15 is 0 Å². The average Bonchev–Trinajstić information content (AvgIpc) is 2.09. The molecule has 64 valence electrons. The molecule has 0 atom stereocenters. The molecule has 1 aliphatic rings. The molecule has 0 aromatic rings. The summed E-state index contributed by atoms with van der Waals surface area (Å²) in [7, 11) is 0. The van der Waals surface area contributed by atoms with Gasteiger partial charge >= 0.3 is 0 Å². The largest absolute Gasteiger partial charge is 0.0810 e. The van der Waals surface area contributed by atoms with Crippen LogP contribution in [0.3, 0.4) is 0 Å². The van der Waals surface area contributed by atoms with Crippen molar-refractivity contribution < 1.29 is 0 Å². The average molecular weight is 152 g/mol.